The van der Waals surface area contributed by atoms with Gasteiger partial charge < -0.3 is 19.5 Å². The molecule has 7 nitrogen and oxygen atoms in total. The van der Waals surface area contributed by atoms with Gasteiger partial charge in [0.05, 0.1) is 25.2 Å². The second kappa shape index (κ2) is 9.62. The van der Waals surface area contributed by atoms with Gasteiger partial charge >= 0.3 is 0 Å². The van der Waals surface area contributed by atoms with Gasteiger partial charge in [0.1, 0.15) is 11.9 Å². The van der Waals surface area contributed by atoms with Crippen molar-refractivity contribution < 1.29 is 18.7 Å². The summed E-state index contributed by atoms with van der Waals surface area (Å²) in [6, 6.07) is 12.3. The molecule has 1 aromatic heterocycles. The molecule has 8 heteroatoms. The third kappa shape index (κ3) is 4.98. The summed E-state index contributed by atoms with van der Waals surface area (Å²) >= 11 is 0. The first-order valence-electron chi connectivity index (χ1n) is 12.0. The quantitative estimate of drug-likeness (QED) is 0.606. The van der Waals surface area contributed by atoms with E-state index in [4.69, 9.17) is 4.74 Å². The number of anilines is 1. The molecule has 2 aromatic carbocycles. The van der Waals surface area contributed by atoms with E-state index >= 15 is 0 Å². The number of imidazole rings is 1. The highest BCUT2D eigenvalue weighted by molar-refractivity contribution is 5.95. The number of nitrogens with one attached hydrogen (secondary N) is 1. The molecular weight excluding hydrogens is 447 g/mol. The molecule has 182 valence electrons. The van der Waals surface area contributed by atoms with Gasteiger partial charge in [-0.05, 0) is 67.6 Å². The highest BCUT2D eigenvalue weighted by Gasteiger charge is 2.32. The van der Waals surface area contributed by atoms with E-state index in [1.54, 1.807) is 23.4 Å². The van der Waals surface area contributed by atoms with Gasteiger partial charge in [-0.1, -0.05) is 18.2 Å². The summed E-state index contributed by atoms with van der Waals surface area (Å²) in [7, 11) is 0. The second-order valence-electron chi connectivity index (χ2n) is 9.48. The minimum absolute atomic E-state index is 0.00158. The Morgan fingerprint density at radius 3 is 2.43 bits per heavy atom. The maximum atomic E-state index is 13.2. The van der Waals surface area contributed by atoms with Gasteiger partial charge in [0.2, 0.25) is 5.91 Å². The number of halogens is 1. The molecule has 3 aromatic rings. The van der Waals surface area contributed by atoms with Crippen molar-refractivity contribution in [2.24, 2.45) is 5.92 Å². The average molecular weight is 477 g/mol. The minimum atomic E-state index is -0.285. The van der Waals surface area contributed by atoms with Crippen LogP contribution in [0.5, 0.6) is 0 Å². The van der Waals surface area contributed by atoms with Gasteiger partial charge in [-0.2, -0.15) is 0 Å². The van der Waals surface area contributed by atoms with Crippen molar-refractivity contribution >= 4 is 17.5 Å². The molecule has 1 fully saturated rings. The highest BCUT2D eigenvalue weighted by Crippen LogP contribution is 2.29. The van der Waals surface area contributed by atoms with Crippen LogP contribution in [0.15, 0.2) is 48.8 Å². The topological polar surface area (TPSA) is 76.5 Å². The number of nitrogens with zero attached hydrogens (tertiary/aromatic N) is 3. The first-order chi connectivity index (χ1) is 16.9. The summed E-state index contributed by atoms with van der Waals surface area (Å²) in [5.74, 6) is -0.541. The van der Waals surface area contributed by atoms with Gasteiger partial charge in [-0.25, -0.2) is 9.37 Å². The zero-order chi connectivity index (χ0) is 24.5. The Balaban J connectivity index is 1.19. The maximum Gasteiger partial charge on any atom is 0.274 e. The summed E-state index contributed by atoms with van der Waals surface area (Å²) in [6.45, 7) is 5.81. The van der Waals surface area contributed by atoms with E-state index in [0.29, 0.717) is 38.2 Å². The Morgan fingerprint density at radius 2 is 1.74 bits per heavy atom. The maximum absolute atomic E-state index is 13.2. The van der Waals surface area contributed by atoms with E-state index in [2.05, 4.69) is 16.4 Å². The van der Waals surface area contributed by atoms with Crippen LogP contribution in [0.4, 0.5) is 10.1 Å². The predicted octanol–water partition coefficient (Wildman–Crippen LogP) is 4.40. The fourth-order valence-electron chi connectivity index (χ4n) is 4.97. The van der Waals surface area contributed by atoms with Crippen molar-refractivity contribution in [2.75, 3.05) is 18.4 Å². The number of carbonyl (C=O) groups excluding carboxylic acids is 2. The molecule has 2 aliphatic heterocycles. The Labute approximate surface area is 203 Å². The largest absolute Gasteiger partial charge is 0.365 e. The summed E-state index contributed by atoms with van der Waals surface area (Å²) < 4.78 is 21.2. The lowest BCUT2D eigenvalue weighted by Crippen LogP contribution is -2.42. The minimum Gasteiger partial charge on any atom is -0.365 e. The number of benzene rings is 2. The lowest BCUT2D eigenvalue weighted by Gasteiger charge is -2.31. The molecule has 0 unspecified atom stereocenters. The number of aromatic nitrogens is 2. The van der Waals surface area contributed by atoms with Crippen LogP contribution in [0, 0.1) is 25.6 Å². The zero-order valence-corrected chi connectivity index (χ0v) is 20.0. The fourth-order valence-corrected chi connectivity index (χ4v) is 4.97. The molecule has 1 atom stereocenters. The highest BCUT2D eigenvalue weighted by atomic mass is 19.1. The van der Waals surface area contributed by atoms with E-state index in [0.717, 1.165) is 28.1 Å². The van der Waals surface area contributed by atoms with Crippen LogP contribution in [0.25, 0.3) is 0 Å². The van der Waals surface area contributed by atoms with Crippen LogP contribution in [0.3, 0.4) is 0 Å². The van der Waals surface area contributed by atoms with Crippen LogP contribution >= 0.6 is 0 Å². The number of amides is 2. The molecule has 3 heterocycles. The van der Waals surface area contributed by atoms with E-state index in [-0.39, 0.29) is 36.3 Å². The summed E-state index contributed by atoms with van der Waals surface area (Å²) in [6.07, 6.45) is 2.68. The third-order valence-electron chi connectivity index (χ3n) is 6.82. The van der Waals surface area contributed by atoms with E-state index < -0.39 is 0 Å². The summed E-state index contributed by atoms with van der Waals surface area (Å²) in [4.78, 5) is 32.2. The van der Waals surface area contributed by atoms with Crippen molar-refractivity contribution in [1.29, 1.82) is 0 Å². The normalized spacial score (nSPS) is 18.3. The van der Waals surface area contributed by atoms with Crippen LogP contribution in [0.2, 0.25) is 0 Å². The second-order valence-corrected chi connectivity index (χ2v) is 9.48. The smallest absolute Gasteiger partial charge is 0.274 e. The van der Waals surface area contributed by atoms with Crippen LogP contribution in [-0.4, -0.2) is 39.4 Å². The Kier molecular flexibility index (Phi) is 6.38. The number of hydrogen-bond donors (Lipinski definition) is 1. The van der Waals surface area contributed by atoms with E-state index in [1.165, 1.54) is 12.1 Å². The molecule has 5 rings (SSSR count). The molecule has 1 saturated heterocycles. The monoisotopic (exact) mass is 476 g/mol. The molecule has 0 saturated carbocycles. The van der Waals surface area contributed by atoms with Gasteiger partial charge in [-0.3, -0.25) is 9.59 Å². The first kappa shape index (κ1) is 23.2. The molecule has 35 heavy (non-hydrogen) atoms. The Hall–Kier alpha value is -3.52. The number of piperidine rings is 1. The van der Waals surface area contributed by atoms with E-state index in [9.17, 15) is 14.0 Å². The molecular formula is C27H29FN4O3. The molecule has 0 spiro atoms. The summed E-state index contributed by atoms with van der Waals surface area (Å²) in [5, 5.41) is 3.03. The summed E-state index contributed by atoms with van der Waals surface area (Å²) in [5.41, 5.74) is 5.08. The number of ether oxygens (including phenoxy) is 1. The number of fused-ring (bicyclic) bond motifs is 1. The van der Waals surface area contributed by atoms with Crippen molar-refractivity contribution in [3.05, 3.63) is 82.7 Å². The Bertz CT molecular complexity index is 1230. The molecule has 1 N–H and O–H groups in total. The van der Waals surface area contributed by atoms with Gasteiger partial charge in [0.15, 0.2) is 5.69 Å². The SMILES string of the molecule is Cc1cc(C)cc(NC(=O)C2CCN(C(=O)c3ncn4c3CO[C@H](c3ccc(F)cc3)C4)CC2)c1. The number of rotatable bonds is 4. The number of aryl methyl sites for hydroxylation is 2. The number of carbonyl (C=O) groups is 2. The van der Waals surface area contributed by atoms with Crippen LogP contribution < -0.4 is 5.32 Å². The molecule has 0 aliphatic carbocycles. The number of hydrogen-bond acceptors (Lipinski definition) is 4. The average Bonchev–Trinajstić information content (AvgIpc) is 3.27. The van der Waals surface area contributed by atoms with Crippen LogP contribution in [0.1, 0.15) is 51.8 Å². The van der Waals surface area contributed by atoms with Crippen LogP contribution in [-0.2, 0) is 22.7 Å². The molecule has 2 amide bonds. The Morgan fingerprint density at radius 1 is 1.06 bits per heavy atom. The fraction of sp³-hybridized carbons (Fsp3) is 0.370. The standard InChI is InChI=1S/C27H29FN4O3/c1-17-11-18(2)13-22(12-17)30-26(33)20-7-9-31(10-8-20)27(34)25-23-15-35-24(14-32(23)16-29-25)19-3-5-21(28)6-4-19/h3-6,11-13,16,20,24H,7-10,14-15H2,1-2H3,(H,30,33)/t24-/m0/s1. The van der Waals surface area contributed by atoms with Crippen molar-refractivity contribution in [3.8, 4) is 0 Å². The number of likely N-dealkylation sites (tertiary alicyclic amines) is 1. The molecule has 0 radical (unpaired) electrons. The first-order valence-corrected chi connectivity index (χ1v) is 12.0. The van der Waals surface area contributed by atoms with Crippen molar-refractivity contribution in [3.63, 3.8) is 0 Å². The molecule has 0 bridgehead atoms. The molecule has 2 aliphatic rings. The third-order valence-corrected chi connectivity index (χ3v) is 6.82. The van der Waals surface area contributed by atoms with Gasteiger partial charge in [-0.15, -0.1) is 0 Å². The lowest BCUT2D eigenvalue weighted by atomic mass is 9.95. The van der Waals surface area contributed by atoms with Gasteiger partial charge in [0, 0.05) is 24.7 Å². The van der Waals surface area contributed by atoms with E-state index in [1.807, 2.05) is 30.5 Å². The van der Waals surface area contributed by atoms with Crippen molar-refractivity contribution in [1.82, 2.24) is 14.5 Å². The predicted molar refractivity (Wildman–Crippen MR) is 129 cm³/mol. The van der Waals surface area contributed by atoms with Gasteiger partial charge in [0.25, 0.3) is 5.91 Å². The lowest BCUT2D eigenvalue weighted by molar-refractivity contribution is -0.121. The van der Waals surface area contributed by atoms with Crippen molar-refractivity contribution in [2.45, 2.75) is 45.9 Å². The zero-order valence-electron chi connectivity index (χ0n) is 20.0.